The van der Waals surface area contributed by atoms with Gasteiger partial charge in [-0.1, -0.05) is 0 Å². The largest absolute Gasteiger partial charge is 0.348 e. The van der Waals surface area contributed by atoms with E-state index in [1.54, 1.807) is 25.2 Å². The predicted octanol–water partition coefficient (Wildman–Crippen LogP) is 3.09. The minimum Gasteiger partial charge on any atom is -0.348 e. The van der Waals surface area contributed by atoms with Crippen molar-refractivity contribution in [3.8, 4) is 6.07 Å². The van der Waals surface area contributed by atoms with Crippen LogP contribution in [-0.2, 0) is 4.79 Å². The maximum atomic E-state index is 11.9. The summed E-state index contributed by atoms with van der Waals surface area (Å²) >= 11 is 1.72. The SMILES string of the molecule is Cc1cc(C(C)NC(=O)C(C)(C)C#N)c(C)s1. The van der Waals surface area contributed by atoms with Crippen LogP contribution in [0.1, 0.15) is 42.1 Å². The molecule has 1 aromatic heterocycles. The monoisotopic (exact) mass is 250 g/mol. The van der Waals surface area contributed by atoms with Gasteiger partial charge in [-0.2, -0.15) is 5.26 Å². The van der Waals surface area contributed by atoms with Crippen LogP contribution in [0.25, 0.3) is 0 Å². The molecule has 0 saturated heterocycles. The topological polar surface area (TPSA) is 52.9 Å². The Balaban J connectivity index is 2.81. The molecule has 0 radical (unpaired) electrons. The van der Waals surface area contributed by atoms with Gasteiger partial charge in [0.2, 0.25) is 5.91 Å². The molecule has 0 aliphatic carbocycles. The maximum absolute atomic E-state index is 11.9. The Morgan fingerprint density at radius 3 is 2.53 bits per heavy atom. The number of amides is 1. The zero-order valence-corrected chi connectivity index (χ0v) is 11.7. The van der Waals surface area contributed by atoms with E-state index in [-0.39, 0.29) is 11.9 Å². The molecule has 1 N–H and O–H groups in total. The summed E-state index contributed by atoms with van der Waals surface area (Å²) in [5.74, 6) is -0.226. The molecular weight excluding hydrogens is 232 g/mol. The van der Waals surface area contributed by atoms with Crippen molar-refractivity contribution < 1.29 is 4.79 Å². The Bertz CT molecular complexity index is 468. The molecule has 0 aliphatic heterocycles. The third kappa shape index (κ3) is 3.07. The molecule has 3 nitrogen and oxygen atoms in total. The van der Waals surface area contributed by atoms with Gasteiger partial charge in [-0.15, -0.1) is 11.3 Å². The molecule has 4 heteroatoms. The van der Waals surface area contributed by atoms with Crippen LogP contribution in [0.2, 0.25) is 0 Å². The van der Waals surface area contributed by atoms with Crippen LogP contribution in [0.15, 0.2) is 6.07 Å². The van der Waals surface area contributed by atoms with E-state index in [4.69, 9.17) is 5.26 Å². The fraction of sp³-hybridized carbons (Fsp3) is 0.538. The lowest BCUT2D eigenvalue weighted by Gasteiger charge is -2.20. The highest BCUT2D eigenvalue weighted by Gasteiger charge is 2.28. The number of hydrogen-bond donors (Lipinski definition) is 1. The summed E-state index contributed by atoms with van der Waals surface area (Å²) in [5.41, 5.74) is 0.155. The molecule has 1 rings (SSSR count). The Hall–Kier alpha value is -1.34. The summed E-state index contributed by atoms with van der Waals surface area (Å²) in [7, 11) is 0. The number of thiophene rings is 1. The minimum absolute atomic E-state index is 0.0555. The summed E-state index contributed by atoms with van der Waals surface area (Å²) in [6, 6.07) is 4.04. The van der Waals surface area contributed by atoms with Crippen molar-refractivity contribution in [1.29, 1.82) is 5.26 Å². The second kappa shape index (κ2) is 4.89. The first kappa shape index (κ1) is 13.7. The molecule has 1 unspecified atom stereocenters. The van der Waals surface area contributed by atoms with Crippen LogP contribution < -0.4 is 5.32 Å². The Morgan fingerprint density at radius 2 is 2.12 bits per heavy atom. The lowest BCUT2D eigenvalue weighted by Crippen LogP contribution is -2.37. The highest BCUT2D eigenvalue weighted by Crippen LogP contribution is 2.27. The third-order valence-corrected chi connectivity index (χ3v) is 3.72. The highest BCUT2D eigenvalue weighted by molar-refractivity contribution is 7.12. The van der Waals surface area contributed by atoms with Crippen LogP contribution in [-0.4, -0.2) is 5.91 Å². The molecular formula is C13H18N2OS. The van der Waals surface area contributed by atoms with Crippen LogP contribution in [0, 0.1) is 30.6 Å². The fourth-order valence-electron chi connectivity index (χ4n) is 1.59. The summed E-state index contributed by atoms with van der Waals surface area (Å²) < 4.78 is 0. The van der Waals surface area contributed by atoms with Crippen LogP contribution in [0.4, 0.5) is 0 Å². The van der Waals surface area contributed by atoms with Crippen molar-refractivity contribution in [2.45, 2.75) is 40.7 Å². The van der Waals surface area contributed by atoms with Gasteiger partial charge in [0.15, 0.2) is 0 Å². The average Bonchev–Trinajstić information content (AvgIpc) is 2.57. The Morgan fingerprint density at radius 1 is 1.53 bits per heavy atom. The molecule has 0 bridgehead atoms. The quantitative estimate of drug-likeness (QED) is 0.896. The van der Waals surface area contributed by atoms with Gasteiger partial charge in [0.05, 0.1) is 12.1 Å². The smallest absolute Gasteiger partial charge is 0.240 e. The van der Waals surface area contributed by atoms with E-state index < -0.39 is 5.41 Å². The average molecular weight is 250 g/mol. The zero-order chi connectivity index (χ0) is 13.2. The number of carbonyl (C=O) groups excluding carboxylic acids is 1. The van der Waals surface area contributed by atoms with Crippen molar-refractivity contribution in [1.82, 2.24) is 5.32 Å². The van der Waals surface area contributed by atoms with Gasteiger partial charge in [0, 0.05) is 9.75 Å². The normalized spacial score (nSPS) is 12.9. The number of nitriles is 1. The van der Waals surface area contributed by atoms with Crippen molar-refractivity contribution in [3.63, 3.8) is 0 Å². The standard InChI is InChI=1S/C13H18N2OS/c1-8-6-11(10(3)17-8)9(2)15-12(16)13(4,5)7-14/h6,9H,1-5H3,(H,15,16). The summed E-state index contributed by atoms with van der Waals surface area (Å²) in [5, 5.41) is 11.8. The lowest BCUT2D eigenvalue weighted by atomic mass is 9.94. The van der Waals surface area contributed by atoms with E-state index in [9.17, 15) is 4.79 Å². The van der Waals surface area contributed by atoms with Crippen molar-refractivity contribution >= 4 is 17.2 Å². The van der Waals surface area contributed by atoms with Gasteiger partial charge in [-0.3, -0.25) is 4.79 Å². The number of rotatable bonds is 3. The summed E-state index contributed by atoms with van der Waals surface area (Å²) in [6.07, 6.45) is 0. The van der Waals surface area contributed by atoms with Gasteiger partial charge in [0.25, 0.3) is 0 Å². The molecule has 0 saturated carbocycles. The van der Waals surface area contributed by atoms with E-state index in [2.05, 4.69) is 18.3 Å². The highest BCUT2D eigenvalue weighted by atomic mass is 32.1. The van der Waals surface area contributed by atoms with E-state index in [1.807, 2.05) is 19.9 Å². The van der Waals surface area contributed by atoms with Crippen LogP contribution in [0.3, 0.4) is 0 Å². The fourth-order valence-corrected chi connectivity index (χ4v) is 2.61. The van der Waals surface area contributed by atoms with Crippen LogP contribution >= 0.6 is 11.3 Å². The van der Waals surface area contributed by atoms with E-state index in [0.29, 0.717) is 0 Å². The molecule has 0 aliphatic rings. The second-order valence-corrected chi connectivity index (χ2v) is 6.26. The van der Waals surface area contributed by atoms with Crippen LogP contribution in [0.5, 0.6) is 0 Å². The zero-order valence-electron chi connectivity index (χ0n) is 10.9. The first-order valence-corrected chi connectivity index (χ1v) is 6.38. The molecule has 0 fully saturated rings. The van der Waals surface area contributed by atoms with E-state index >= 15 is 0 Å². The van der Waals surface area contributed by atoms with Gasteiger partial charge in [0.1, 0.15) is 5.41 Å². The predicted molar refractivity (Wildman–Crippen MR) is 69.7 cm³/mol. The first-order chi connectivity index (χ1) is 7.77. The molecule has 1 heterocycles. The van der Waals surface area contributed by atoms with Crippen molar-refractivity contribution in [2.24, 2.45) is 5.41 Å². The Kier molecular flexibility index (Phi) is 3.94. The molecule has 1 amide bonds. The molecule has 0 spiro atoms. The molecule has 92 valence electrons. The number of hydrogen-bond acceptors (Lipinski definition) is 3. The lowest BCUT2D eigenvalue weighted by molar-refractivity contribution is -0.127. The van der Waals surface area contributed by atoms with Crippen molar-refractivity contribution in [3.05, 3.63) is 21.4 Å². The maximum Gasteiger partial charge on any atom is 0.240 e. The molecule has 0 aromatic carbocycles. The van der Waals surface area contributed by atoms with E-state index in [1.165, 1.54) is 9.75 Å². The molecule has 17 heavy (non-hydrogen) atoms. The van der Waals surface area contributed by atoms with Gasteiger partial charge in [-0.05, 0) is 46.2 Å². The Labute approximate surface area is 106 Å². The summed E-state index contributed by atoms with van der Waals surface area (Å²) in [4.78, 5) is 14.3. The van der Waals surface area contributed by atoms with Gasteiger partial charge in [-0.25, -0.2) is 0 Å². The number of carbonyl (C=O) groups is 1. The number of nitrogens with zero attached hydrogens (tertiary/aromatic N) is 1. The number of nitrogens with one attached hydrogen (secondary N) is 1. The minimum atomic E-state index is -0.979. The molecule has 1 aromatic rings. The first-order valence-electron chi connectivity index (χ1n) is 5.57. The van der Waals surface area contributed by atoms with Gasteiger partial charge < -0.3 is 5.32 Å². The van der Waals surface area contributed by atoms with E-state index in [0.717, 1.165) is 5.56 Å². The summed E-state index contributed by atoms with van der Waals surface area (Å²) in [6.45, 7) is 9.29. The van der Waals surface area contributed by atoms with Crippen molar-refractivity contribution in [2.75, 3.05) is 0 Å². The van der Waals surface area contributed by atoms with Gasteiger partial charge >= 0.3 is 0 Å². The number of aryl methyl sites for hydroxylation is 2. The third-order valence-electron chi connectivity index (χ3n) is 2.74. The second-order valence-electron chi connectivity index (χ2n) is 4.80. The molecule has 1 atom stereocenters.